The number of H-pyrrole nitrogens is 1. The van der Waals surface area contributed by atoms with Crippen LogP contribution >= 0.6 is 11.6 Å². The van der Waals surface area contributed by atoms with Gasteiger partial charge in [-0.25, -0.2) is 4.98 Å². The van der Waals surface area contributed by atoms with Crippen molar-refractivity contribution in [3.05, 3.63) is 39.4 Å². The van der Waals surface area contributed by atoms with E-state index in [9.17, 15) is 4.79 Å². The maximum absolute atomic E-state index is 12.0. The lowest BCUT2D eigenvalue weighted by Gasteiger charge is -2.15. The molecular formula is C14H18ClN3O2. The molecule has 0 saturated carbocycles. The summed E-state index contributed by atoms with van der Waals surface area (Å²) < 4.78 is 5.12. The number of hydrogen-bond donors (Lipinski definition) is 2. The van der Waals surface area contributed by atoms with E-state index < -0.39 is 0 Å². The van der Waals surface area contributed by atoms with Gasteiger partial charge in [0, 0.05) is 18.2 Å². The molecule has 2 aromatic rings. The van der Waals surface area contributed by atoms with Crippen molar-refractivity contribution in [2.45, 2.75) is 25.9 Å². The quantitative estimate of drug-likeness (QED) is 0.856. The largest absolute Gasteiger partial charge is 0.383 e. The zero-order valence-corrected chi connectivity index (χ0v) is 12.3. The van der Waals surface area contributed by atoms with Crippen LogP contribution in [0.1, 0.15) is 19.2 Å². The normalized spacial score (nSPS) is 12.8. The van der Waals surface area contributed by atoms with Crippen LogP contribution in [0.4, 0.5) is 0 Å². The van der Waals surface area contributed by atoms with Gasteiger partial charge in [-0.1, -0.05) is 18.5 Å². The van der Waals surface area contributed by atoms with E-state index in [0.717, 1.165) is 6.42 Å². The lowest BCUT2D eigenvalue weighted by molar-refractivity contribution is 0.163. The number of ether oxygens (including phenoxy) is 1. The van der Waals surface area contributed by atoms with Crippen LogP contribution in [-0.4, -0.2) is 29.7 Å². The monoisotopic (exact) mass is 295 g/mol. The molecule has 1 unspecified atom stereocenters. The average Bonchev–Trinajstić information content (AvgIpc) is 2.43. The third kappa shape index (κ3) is 3.56. The highest BCUT2D eigenvalue weighted by molar-refractivity contribution is 6.31. The lowest BCUT2D eigenvalue weighted by Crippen LogP contribution is -2.33. The standard InChI is InChI=1S/C14H18ClN3O2/c1-3-10(8-20-2)16-7-13-17-12-6-9(15)4-5-11(12)14(19)18-13/h4-6,10,16H,3,7-8H2,1-2H3,(H,17,18,19). The lowest BCUT2D eigenvalue weighted by atomic mass is 10.2. The number of aromatic amines is 1. The first kappa shape index (κ1) is 15.0. The molecule has 0 aliphatic heterocycles. The summed E-state index contributed by atoms with van der Waals surface area (Å²) in [6.45, 7) is 3.19. The second-order valence-electron chi connectivity index (χ2n) is 4.62. The van der Waals surface area contributed by atoms with Gasteiger partial charge in [0.1, 0.15) is 5.82 Å². The van der Waals surface area contributed by atoms with E-state index in [1.54, 1.807) is 25.3 Å². The second kappa shape index (κ2) is 6.83. The molecule has 0 amide bonds. The van der Waals surface area contributed by atoms with Crippen LogP contribution in [0.3, 0.4) is 0 Å². The average molecular weight is 296 g/mol. The van der Waals surface area contributed by atoms with Gasteiger partial charge in [-0.2, -0.15) is 0 Å². The van der Waals surface area contributed by atoms with Crippen molar-refractivity contribution in [2.75, 3.05) is 13.7 Å². The predicted octanol–water partition coefficient (Wildman–Crippen LogP) is 2.09. The van der Waals surface area contributed by atoms with Gasteiger partial charge in [0.05, 0.1) is 24.1 Å². The summed E-state index contributed by atoms with van der Waals surface area (Å²) in [6, 6.07) is 5.30. The van der Waals surface area contributed by atoms with E-state index in [1.807, 2.05) is 0 Å². The van der Waals surface area contributed by atoms with E-state index in [1.165, 1.54) is 0 Å². The molecule has 0 aliphatic carbocycles. The van der Waals surface area contributed by atoms with Gasteiger partial charge in [0.2, 0.25) is 0 Å². The number of nitrogens with one attached hydrogen (secondary N) is 2. The number of hydrogen-bond acceptors (Lipinski definition) is 4. The second-order valence-corrected chi connectivity index (χ2v) is 5.05. The van der Waals surface area contributed by atoms with Gasteiger partial charge in [0.25, 0.3) is 5.56 Å². The Kier molecular flexibility index (Phi) is 5.11. The molecule has 0 aliphatic rings. The highest BCUT2D eigenvalue weighted by Gasteiger charge is 2.08. The minimum Gasteiger partial charge on any atom is -0.383 e. The van der Waals surface area contributed by atoms with Crippen molar-refractivity contribution < 1.29 is 4.74 Å². The zero-order chi connectivity index (χ0) is 14.5. The Morgan fingerprint density at radius 3 is 3.00 bits per heavy atom. The van der Waals surface area contributed by atoms with Crippen molar-refractivity contribution in [2.24, 2.45) is 0 Å². The Labute approximate surface area is 122 Å². The van der Waals surface area contributed by atoms with Gasteiger partial charge < -0.3 is 15.0 Å². The number of benzene rings is 1. The molecule has 1 aromatic heterocycles. The smallest absolute Gasteiger partial charge is 0.258 e. The van der Waals surface area contributed by atoms with Crippen molar-refractivity contribution in [3.63, 3.8) is 0 Å². The third-order valence-corrected chi connectivity index (χ3v) is 3.37. The van der Waals surface area contributed by atoms with Gasteiger partial charge >= 0.3 is 0 Å². The predicted molar refractivity (Wildman–Crippen MR) is 80.2 cm³/mol. The summed E-state index contributed by atoms with van der Waals surface area (Å²) in [6.07, 6.45) is 0.942. The van der Waals surface area contributed by atoms with E-state index in [-0.39, 0.29) is 11.6 Å². The van der Waals surface area contributed by atoms with Crippen LogP contribution in [0.15, 0.2) is 23.0 Å². The molecule has 20 heavy (non-hydrogen) atoms. The molecule has 1 aromatic carbocycles. The molecule has 1 atom stereocenters. The summed E-state index contributed by atoms with van der Waals surface area (Å²) in [5, 5.41) is 4.42. The molecule has 2 N–H and O–H groups in total. The first-order valence-electron chi connectivity index (χ1n) is 6.54. The fourth-order valence-corrected chi connectivity index (χ4v) is 2.17. The Morgan fingerprint density at radius 1 is 1.50 bits per heavy atom. The van der Waals surface area contributed by atoms with E-state index in [4.69, 9.17) is 16.3 Å². The Morgan fingerprint density at radius 2 is 2.30 bits per heavy atom. The molecule has 0 radical (unpaired) electrons. The highest BCUT2D eigenvalue weighted by Crippen LogP contribution is 2.14. The molecule has 0 bridgehead atoms. The Balaban J connectivity index is 2.20. The summed E-state index contributed by atoms with van der Waals surface area (Å²) in [5.41, 5.74) is 0.459. The summed E-state index contributed by atoms with van der Waals surface area (Å²) in [7, 11) is 1.67. The van der Waals surface area contributed by atoms with Gasteiger partial charge in [0.15, 0.2) is 0 Å². The number of aromatic nitrogens is 2. The summed E-state index contributed by atoms with van der Waals surface area (Å²) >= 11 is 5.93. The van der Waals surface area contributed by atoms with Crippen molar-refractivity contribution in [1.82, 2.24) is 15.3 Å². The zero-order valence-electron chi connectivity index (χ0n) is 11.6. The van der Waals surface area contributed by atoms with Crippen LogP contribution in [0.2, 0.25) is 5.02 Å². The molecule has 6 heteroatoms. The Hall–Kier alpha value is -1.43. The molecule has 0 spiro atoms. The van der Waals surface area contributed by atoms with Crippen LogP contribution in [-0.2, 0) is 11.3 Å². The molecule has 0 saturated heterocycles. The highest BCUT2D eigenvalue weighted by atomic mass is 35.5. The molecule has 0 fully saturated rings. The minimum atomic E-state index is -0.150. The fourth-order valence-electron chi connectivity index (χ4n) is 2.01. The molecule has 5 nitrogen and oxygen atoms in total. The molecule has 1 heterocycles. The number of nitrogens with zero attached hydrogens (tertiary/aromatic N) is 1. The Bertz CT molecular complexity index is 642. The first-order chi connectivity index (χ1) is 9.63. The van der Waals surface area contributed by atoms with Crippen molar-refractivity contribution in [1.29, 1.82) is 0 Å². The molecule has 2 rings (SSSR count). The van der Waals surface area contributed by atoms with Crippen molar-refractivity contribution in [3.8, 4) is 0 Å². The third-order valence-electron chi connectivity index (χ3n) is 3.14. The van der Waals surface area contributed by atoms with Crippen LogP contribution in [0, 0.1) is 0 Å². The topological polar surface area (TPSA) is 67.0 Å². The van der Waals surface area contributed by atoms with Crippen LogP contribution in [0.5, 0.6) is 0 Å². The maximum Gasteiger partial charge on any atom is 0.258 e. The van der Waals surface area contributed by atoms with Crippen molar-refractivity contribution >= 4 is 22.5 Å². The number of fused-ring (bicyclic) bond motifs is 1. The van der Waals surface area contributed by atoms with E-state index >= 15 is 0 Å². The maximum atomic E-state index is 12.0. The SMILES string of the molecule is CCC(COC)NCc1nc2cc(Cl)ccc2c(=O)[nH]1. The molecule has 108 valence electrons. The van der Waals surface area contributed by atoms with Gasteiger partial charge in [-0.05, 0) is 24.6 Å². The van der Waals surface area contributed by atoms with Crippen LogP contribution < -0.4 is 10.9 Å². The van der Waals surface area contributed by atoms with E-state index in [2.05, 4.69) is 22.2 Å². The summed E-state index contributed by atoms with van der Waals surface area (Å²) in [4.78, 5) is 19.2. The number of halogens is 1. The van der Waals surface area contributed by atoms with Gasteiger partial charge in [-0.15, -0.1) is 0 Å². The summed E-state index contributed by atoms with van der Waals surface area (Å²) in [5.74, 6) is 0.597. The number of rotatable bonds is 6. The van der Waals surface area contributed by atoms with Crippen LogP contribution in [0.25, 0.3) is 10.9 Å². The molecular weight excluding hydrogens is 278 g/mol. The van der Waals surface area contributed by atoms with E-state index in [0.29, 0.717) is 34.9 Å². The minimum absolute atomic E-state index is 0.150. The van der Waals surface area contributed by atoms with Gasteiger partial charge in [-0.3, -0.25) is 4.79 Å². The fraction of sp³-hybridized carbons (Fsp3) is 0.429. The number of methoxy groups -OCH3 is 1. The first-order valence-corrected chi connectivity index (χ1v) is 6.92.